The van der Waals surface area contributed by atoms with E-state index in [9.17, 15) is 19.8 Å². The van der Waals surface area contributed by atoms with Crippen molar-refractivity contribution in [3.05, 3.63) is 21.9 Å². The van der Waals surface area contributed by atoms with Crippen LogP contribution in [-0.2, 0) is 4.79 Å². The molecule has 5 nitrogen and oxygen atoms in total. The zero-order valence-corrected chi connectivity index (χ0v) is 10.9. The van der Waals surface area contributed by atoms with Crippen LogP contribution < -0.4 is 0 Å². The maximum Gasteiger partial charge on any atom is 0.303 e. The first-order valence-corrected chi connectivity index (χ1v) is 6.57. The fourth-order valence-electron chi connectivity index (χ4n) is 1.28. The highest BCUT2D eigenvalue weighted by Gasteiger charge is 2.20. The number of hydrogen-bond acceptors (Lipinski definition) is 5. The minimum absolute atomic E-state index is 0.0799. The van der Waals surface area contributed by atoms with E-state index in [4.69, 9.17) is 16.7 Å². The Balaban J connectivity index is 2.68. The van der Waals surface area contributed by atoms with E-state index in [1.54, 1.807) is 0 Å². The quantitative estimate of drug-likeness (QED) is 0.522. The first-order valence-electron chi connectivity index (χ1n) is 5.22. The monoisotopic (exact) mass is 292 g/mol. The number of rotatable bonds is 7. The van der Waals surface area contributed by atoms with Crippen LogP contribution in [0.2, 0.25) is 0 Å². The predicted molar refractivity (Wildman–Crippen MR) is 67.2 cm³/mol. The van der Waals surface area contributed by atoms with Gasteiger partial charge in [0.15, 0.2) is 5.78 Å². The van der Waals surface area contributed by atoms with Crippen LogP contribution in [0, 0.1) is 0 Å². The molecule has 0 aliphatic carbocycles. The topological polar surface area (TPSA) is 94.8 Å². The van der Waals surface area contributed by atoms with Gasteiger partial charge in [-0.1, -0.05) is 0 Å². The van der Waals surface area contributed by atoms with Gasteiger partial charge in [-0.3, -0.25) is 9.59 Å². The Bertz CT molecular complexity index is 431. The van der Waals surface area contributed by atoms with Gasteiger partial charge in [-0.2, -0.15) is 0 Å². The third kappa shape index (κ3) is 4.06. The number of halogens is 1. The normalized spacial score (nSPS) is 14.2. The highest BCUT2D eigenvalue weighted by molar-refractivity contribution is 7.14. The summed E-state index contributed by atoms with van der Waals surface area (Å²) < 4.78 is 0. The number of carboxylic acid groups (broad SMARTS) is 1. The van der Waals surface area contributed by atoms with Gasteiger partial charge in [-0.15, -0.1) is 22.9 Å². The zero-order valence-electron chi connectivity index (χ0n) is 9.38. The smallest absolute Gasteiger partial charge is 0.303 e. The molecule has 0 spiro atoms. The number of alkyl halides is 1. The molecule has 0 saturated carbocycles. The lowest BCUT2D eigenvalue weighted by atomic mass is 10.2. The molecule has 1 heterocycles. The summed E-state index contributed by atoms with van der Waals surface area (Å²) in [6, 6.07) is 3.04. The van der Waals surface area contributed by atoms with Crippen LogP contribution in [-0.4, -0.2) is 39.1 Å². The highest BCUT2D eigenvalue weighted by atomic mass is 35.5. The van der Waals surface area contributed by atoms with Crippen LogP contribution in [0.1, 0.15) is 33.5 Å². The number of carbonyl (C=O) groups excluding carboxylic acids is 1. The number of aliphatic carboxylic acids is 1. The van der Waals surface area contributed by atoms with E-state index in [1.165, 1.54) is 12.1 Å². The van der Waals surface area contributed by atoms with Gasteiger partial charge in [-0.25, -0.2) is 0 Å². The number of hydrogen-bond donors (Lipinski definition) is 3. The third-order valence-electron chi connectivity index (χ3n) is 2.28. The van der Waals surface area contributed by atoms with Crippen molar-refractivity contribution in [3.63, 3.8) is 0 Å². The second-order valence-electron chi connectivity index (χ2n) is 3.69. The number of Topliss-reactive ketones (excluding diaryl/α,β-unsaturated/α-hetero) is 1. The van der Waals surface area contributed by atoms with Crippen LogP contribution >= 0.6 is 22.9 Å². The van der Waals surface area contributed by atoms with Crippen molar-refractivity contribution < 1.29 is 24.9 Å². The minimum atomic E-state index is -1.13. The van der Waals surface area contributed by atoms with Gasteiger partial charge in [0.1, 0.15) is 6.10 Å². The summed E-state index contributed by atoms with van der Waals surface area (Å²) in [5, 5.41) is 27.5. The average Bonchev–Trinajstić information content (AvgIpc) is 2.83. The molecule has 0 fully saturated rings. The predicted octanol–water partition coefficient (Wildman–Crippen LogP) is 1.43. The molecule has 1 aromatic rings. The maximum absolute atomic E-state index is 11.6. The summed E-state index contributed by atoms with van der Waals surface area (Å²) >= 11 is 6.45. The van der Waals surface area contributed by atoms with Crippen LogP contribution in [0.15, 0.2) is 12.1 Å². The maximum atomic E-state index is 11.6. The van der Waals surface area contributed by atoms with E-state index in [-0.39, 0.29) is 24.5 Å². The fraction of sp³-hybridized carbons (Fsp3) is 0.455. The van der Waals surface area contributed by atoms with Crippen molar-refractivity contribution in [3.8, 4) is 0 Å². The standard InChI is InChI=1S/C11H13ClO5S/c12-5-7(14)11(17)9-3-2-8(18-9)6(13)1-4-10(15)16/h2-3,7,11,14,17H,1,4-5H2,(H,15,16). The summed E-state index contributed by atoms with van der Waals surface area (Å²) in [7, 11) is 0. The van der Waals surface area contributed by atoms with Crippen molar-refractivity contribution in [2.24, 2.45) is 0 Å². The fourth-order valence-corrected chi connectivity index (χ4v) is 2.47. The van der Waals surface area contributed by atoms with Crippen LogP contribution in [0.4, 0.5) is 0 Å². The van der Waals surface area contributed by atoms with E-state index in [0.717, 1.165) is 11.3 Å². The number of carbonyl (C=O) groups is 2. The van der Waals surface area contributed by atoms with Gasteiger partial charge in [0.2, 0.25) is 0 Å². The van der Waals surface area contributed by atoms with Gasteiger partial charge in [-0.05, 0) is 12.1 Å². The Morgan fingerprint density at radius 3 is 2.50 bits per heavy atom. The molecule has 0 bridgehead atoms. The van der Waals surface area contributed by atoms with Gasteiger partial charge in [0.05, 0.1) is 23.3 Å². The summed E-state index contributed by atoms with van der Waals surface area (Å²) in [6.45, 7) is 0. The van der Waals surface area contributed by atoms with E-state index < -0.39 is 18.2 Å². The second-order valence-corrected chi connectivity index (χ2v) is 5.11. The second kappa shape index (κ2) is 6.84. The largest absolute Gasteiger partial charge is 0.481 e. The lowest BCUT2D eigenvalue weighted by molar-refractivity contribution is -0.136. The molecule has 0 saturated heterocycles. The number of thiophene rings is 1. The molecule has 1 rings (SSSR count). The lowest BCUT2D eigenvalue weighted by Crippen LogP contribution is -2.18. The van der Waals surface area contributed by atoms with E-state index in [0.29, 0.717) is 9.75 Å². The Morgan fingerprint density at radius 1 is 1.28 bits per heavy atom. The van der Waals surface area contributed by atoms with Gasteiger partial charge in [0.25, 0.3) is 0 Å². The lowest BCUT2D eigenvalue weighted by Gasteiger charge is -2.12. The van der Waals surface area contributed by atoms with Crippen molar-refractivity contribution in [1.29, 1.82) is 0 Å². The molecule has 100 valence electrons. The molecular formula is C11H13ClO5S. The summed E-state index contributed by atoms with van der Waals surface area (Å²) in [4.78, 5) is 22.7. The summed E-state index contributed by atoms with van der Waals surface area (Å²) in [5.74, 6) is -1.43. The molecule has 3 N–H and O–H groups in total. The molecule has 1 aromatic heterocycles. The van der Waals surface area contributed by atoms with Crippen molar-refractivity contribution in [1.82, 2.24) is 0 Å². The third-order valence-corrected chi connectivity index (χ3v) is 3.79. The molecule has 18 heavy (non-hydrogen) atoms. The number of ketones is 1. The molecule has 0 aliphatic rings. The molecule has 0 amide bonds. The number of aliphatic hydroxyl groups excluding tert-OH is 2. The van der Waals surface area contributed by atoms with E-state index >= 15 is 0 Å². The van der Waals surface area contributed by atoms with Gasteiger partial charge < -0.3 is 15.3 Å². The Hall–Kier alpha value is -0.950. The van der Waals surface area contributed by atoms with Crippen molar-refractivity contribution in [2.45, 2.75) is 25.0 Å². The SMILES string of the molecule is O=C(O)CCC(=O)c1ccc(C(O)C(O)CCl)s1. The molecule has 0 radical (unpaired) electrons. The number of carboxylic acids is 1. The first kappa shape index (κ1) is 15.1. The molecule has 7 heteroatoms. The Kier molecular flexibility index (Phi) is 5.74. The zero-order chi connectivity index (χ0) is 13.7. The van der Waals surface area contributed by atoms with Crippen LogP contribution in [0.3, 0.4) is 0 Å². The summed E-state index contributed by atoms with van der Waals surface area (Å²) in [6.07, 6.45) is -2.52. The van der Waals surface area contributed by atoms with Crippen LogP contribution in [0.5, 0.6) is 0 Å². The molecule has 2 atom stereocenters. The molecule has 2 unspecified atom stereocenters. The van der Waals surface area contributed by atoms with Crippen molar-refractivity contribution in [2.75, 3.05) is 5.88 Å². The van der Waals surface area contributed by atoms with Crippen molar-refractivity contribution >= 4 is 34.7 Å². The minimum Gasteiger partial charge on any atom is -0.481 e. The Morgan fingerprint density at radius 2 is 1.94 bits per heavy atom. The Labute approximate surface area is 113 Å². The van der Waals surface area contributed by atoms with Crippen LogP contribution in [0.25, 0.3) is 0 Å². The number of aliphatic hydroxyl groups is 2. The molecular weight excluding hydrogens is 280 g/mol. The first-order chi connectivity index (χ1) is 8.45. The van der Waals surface area contributed by atoms with E-state index in [1.807, 2.05) is 0 Å². The highest BCUT2D eigenvalue weighted by Crippen LogP contribution is 2.27. The average molecular weight is 293 g/mol. The summed E-state index contributed by atoms with van der Waals surface area (Å²) in [5.41, 5.74) is 0. The molecule has 0 aliphatic heterocycles. The van der Waals surface area contributed by atoms with E-state index in [2.05, 4.69) is 0 Å². The molecule has 0 aromatic carbocycles. The van der Waals surface area contributed by atoms with Gasteiger partial charge >= 0.3 is 5.97 Å². The van der Waals surface area contributed by atoms with Gasteiger partial charge in [0, 0.05) is 11.3 Å².